The topological polar surface area (TPSA) is 3.24 Å². The molecule has 0 atom stereocenters. The van der Waals surface area contributed by atoms with E-state index in [0.29, 0.717) is 0 Å². The number of likely N-dealkylation sites (N-methyl/N-ethyl adjacent to an activating group) is 1. The van der Waals surface area contributed by atoms with E-state index in [4.69, 9.17) is 0 Å². The molecule has 2 heteroatoms. The number of thiol groups is 1. The molecule has 1 nitrogen and oxygen atoms in total. The smallest absolute Gasteiger partial charge is 0.0165 e. The fourth-order valence-corrected chi connectivity index (χ4v) is 0.352. The Kier molecular flexibility index (Phi) is 4.25. The first kappa shape index (κ1) is 7.05. The Labute approximate surface area is 50.4 Å². The van der Waals surface area contributed by atoms with Crippen molar-refractivity contribution in [1.82, 2.24) is 4.90 Å². The highest BCUT2D eigenvalue weighted by atomic mass is 32.1. The Morgan fingerprint density at radius 3 is 2.29 bits per heavy atom. The van der Waals surface area contributed by atoms with Gasteiger partial charge in [0, 0.05) is 6.54 Å². The van der Waals surface area contributed by atoms with Crippen LogP contribution < -0.4 is 0 Å². The van der Waals surface area contributed by atoms with Crippen LogP contribution in [0.25, 0.3) is 0 Å². The van der Waals surface area contributed by atoms with Crippen LogP contribution in [0.2, 0.25) is 0 Å². The van der Waals surface area contributed by atoms with Crippen molar-refractivity contribution in [2.45, 2.75) is 0 Å². The lowest BCUT2D eigenvalue weighted by atomic mass is 10.6. The maximum atomic E-state index is 3.89. The van der Waals surface area contributed by atoms with Crippen molar-refractivity contribution in [2.24, 2.45) is 0 Å². The van der Waals surface area contributed by atoms with Crippen molar-refractivity contribution < 1.29 is 0 Å². The highest BCUT2D eigenvalue weighted by Crippen LogP contribution is 1.78. The van der Waals surface area contributed by atoms with Crippen LogP contribution in [0.15, 0.2) is 11.5 Å². The molecule has 0 amide bonds. The van der Waals surface area contributed by atoms with E-state index in [2.05, 4.69) is 17.5 Å². The largest absolute Gasteiger partial charge is 0.306 e. The monoisotopic (exact) mass is 117 g/mol. The first-order chi connectivity index (χ1) is 3.27. The maximum Gasteiger partial charge on any atom is 0.0165 e. The molecule has 0 saturated heterocycles. The lowest BCUT2D eigenvalue weighted by Gasteiger charge is -2.01. The zero-order valence-electron chi connectivity index (χ0n) is 4.76. The second-order valence-corrected chi connectivity index (χ2v) is 1.95. The average molecular weight is 117 g/mol. The van der Waals surface area contributed by atoms with Gasteiger partial charge in [0.25, 0.3) is 0 Å². The molecule has 0 heterocycles. The zero-order chi connectivity index (χ0) is 5.70. The molecule has 0 radical (unpaired) electrons. The Hall–Kier alpha value is 0.0500. The molecule has 42 valence electrons. The summed E-state index contributed by atoms with van der Waals surface area (Å²) in [6, 6.07) is 0. The summed E-state index contributed by atoms with van der Waals surface area (Å²) >= 11 is 3.89. The van der Waals surface area contributed by atoms with Gasteiger partial charge in [0.05, 0.1) is 0 Å². The quantitative estimate of drug-likeness (QED) is 0.528. The van der Waals surface area contributed by atoms with E-state index in [9.17, 15) is 0 Å². The van der Waals surface area contributed by atoms with E-state index >= 15 is 0 Å². The van der Waals surface area contributed by atoms with Gasteiger partial charge in [0.15, 0.2) is 0 Å². The molecule has 0 aromatic rings. The van der Waals surface area contributed by atoms with Gasteiger partial charge in [0.2, 0.25) is 0 Å². The average Bonchev–Trinajstić information content (AvgIpc) is 1.61. The molecular weight excluding hydrogens is 106 g/mol. The second kappa shape index (κ2) is 4.22. The van der Waals surface area contributed by atoms with Gasteiger partial charge >= 0.3 is 0 Å². The van der Waals surface area contributed by atoms with Crippen LogP contribution in [0.4, 0.5) is 0 Å². The fourth-order valence-electron chi connectivity index (χ4n) is 0.258. The van der Waals surface area contributed by atoms with Crippen LogP contribution in [0.3, 0.4) is 0 Å². The molecule has 0 aliphatic heterocycles. The van der Waals surface area contributed by atoms with Crippen molar-refractivity contribution in [3.63, 3.8) is 0 Å². The van der Waals surface area contributed by atoms with E-state index in [1.165, 1.54) is 0 Å². The van der Waals surface area contributed by atoms with Crippen LogP contribution in [-0.2, 0) is 0 Å². The van der Waals surface area contributed by atoms with Gasteiger partial charge in [-0.2, -0.15) is 12.6 Å². The number of nitrogens with zero attached hydrogens (tertiary/aromatic N) is 1. The second-order valence-electron chi connectivity index (χ2n) is 1.65. The third-order valence-corrected chi connectivity index (χ3v) is 0.787. The summed E-state index contributed by atoms with van der Waals surface area (Å²) in [7, 11) is 4.04. The summed E-state index contributed by atoms with van der Waals surface area (Å²) in [4.78, 5) is 2.08. The molecule has 0 aliphatic carbocycles. The summed E-state index contributed by atoms with van der Waals surface area (Å²) < 4.78 is 0. The molecule has 0 saturated carbocycles. The Bertz CT molecular complexity index is 59.1. The molecule has 7 heavy (non-hydrogen) atoms. The maximum absolute atomic E-state index is 3.89. The first-order valence-electron chi connectivity index (χ1n) is 2.21. The minimum Gasteiger partial charge on any atom is -0.306 e. The molecule has 0 spiro atoms. The minimum atomic E-state index is 0.976. The minimum absolute atomic E-state index is 0.976. The molecule has 0 rings (SSSR count). The van der Waals surface area contributed by atoms with Crippen LogP contribution in [0.5, 0.6) is 0 Å². The molecule has 0 bridgehead atoms. The lowest BCUT2D eigenvalue weighted by Crippen LogP contribution is -2.09. The summed E-state index contributed by atoms with van der Waals surface area (Å²) in [6.07, 6.45) is 1.99. The van der Waals surface area contributed by atoms with Gasteiger partial charge < -0.3 is 4.90 Å². The van der Waals surface area contributed by atoms with Gasteiger partial charge in [0.1, 0.15) is 0 Å². The normalized spacial score (nSPS) is 11.4. The zero-order valence-corrected chi connectivity index (χ0v) is 5.65. The van der Waals surface area contributed by atoms with Crippen molar-refractivity contribution in [3.8, 4) is 0 Å². The molecule has 0 aromatic carbocycles. The Morgan fingerprint density at radius 1 is 1.57 bits per heavy atom. The van der Waals surface area contributed by atoms with Crippen LogP contribution >= 0.6 is 12.6 Å². The van der Waals surface area contributed by atoms with Gasteiger partial charge in [-0.3, -0.25) is 0 Å². The number of rotatable bonds is 2. The van der Waals surface area contributed by atoms with Gasteiger partial charge in [-0.25, -0.2) is 0 Å². The predicted octanol–water partition coefficient (Wildman–Crippen LogP) is 0.991. The van der Waals surface area contributed by atoms with E-state index in [0.717, 1.165) is 6.54 Å². The SMILES string of the molecule is CN(C)C/C=C/S. The summed E-state index contributed by atoms with van der Waals surface area (Å²) in [5.41, 5.74) is 0. The van der Waals surface area contributed by atoms with Crippen LogP contribution in [0.1, 0.15) is 0 Å². The summed E-state index contributed by atoms with van der Waals surface area (Å²) in [6.45, 7) is 0.976. The van der Waals surface area contributed by atoms with Gasteiger partial charge in [-0.1, -0.05) is 6.08 Å². The van der Waals surface area contributed by atoms with Crippen molar-refractivity contribution in [3.05, 3.63) is 11.5 Å². The predicted molar refractivity (Wildman–Crippen MR) is 36.7 cm³/mol. The van der Waals surface area contributed by atoms with E-state index < -0.39 is 0 Å². The van der Waals surface area contributed by atoms with Gasteiger partial charge in [-0.05, 0) is 19.5 Å². The standard InChI is InChI=1S/C5H11NS/c1-6(2)4-3-5-7/h3,5,7H,4H2,1-2H3/b5-3+. The molecule has 0 N–H and O–H groups in total. The molecule has 0 aliphatic rings. The Morgan fingerprint density at radius 2 is 2.14 bits per heavy atom. The van der Waals surface area contributed by atoms with Crippen molar-refractivity contribution in [2.75, 3.05) is 20.6 Å². The van der Waals surface area contributed by atoms with Gasteiger partial charge in [-0.15, -0.1) is 0 Å². The Balaban J connectivity index is 2.97. The van der Waals surface area contributed by atoms with Crippen LogP contribution in [0, 0.1) is 0 Å². The highest BCUT2D eigenvalue weighted by Gasteiger charge is 1.77. The number of hydrogen-bond acceptors (Lipinski definition) is 2. The number of hydrogen-bond donors (Lipinski definition) is 1. The lowest BCUT2D eigenvalue weighted by molar-refractivity contribution is 0.457. The van der Waals surface area contributed by atoms with E-state index in [1.807, 2.05) is 20.2 Å². The molecule has 0 fully saturated rings. The van der Waals surface area contributed by atoms with Crippen LogP contribution in [-0.4, -0.2) is 25.5 Å². The van der Waals surface area contributed by atoms with Crippen molar-refractivity contribution >= 4 is 12.6 Å². The van der Waals surface area contributed by atoms with Crippen molar-refractivity contribution in [1.29, 1.82) is 0 Å². The molecular formula is C5H11NS. The summed E-state index contributed by atoms with van der Waals surface area (Å²) in [5, 5.41) is 1.75. The third-order valence-electron chi connectivity index (χ3n) is 0.576. The summed E-state index contributed by atoms with van der Waals surface area (Å²) in [5.74, 6) is 0. The fraction of sp³-hybridized carbons (Fsp3) is 0.600. The first-order valence-corrected chi connectivity index (χ1v) is 2.73. The van der Waals surface area contributed by atoms with E-state index in [-0.39, 0.29) is 0 Å². The molecule has 0 unspecified atom stereocenters. The highest BCUT2D eigenvalue weighted by molar-refractivity contribution is 7.83. The van der Waals surface area contributed by atoms with E-state index in [1.54, 1.807) is 5.41 Å². The molecule has 0 aromatic heterocycles. The third kappa shape index (κ3) is 6.05.